The number of piperidine rings is 1. The Bertz CT molecular complexity index is 346. The van der Waals surface area contributed by atoms with Crippen LogP contribution < -0.4 is 0 Å². The first kappa shape index (κ1) is 14.6. The Morgan fingerprint density at radius 3 is 2.28 bits per heavy atom. The van der Waals surface area contributed by atoms with Crippen molar-refractivity contribution in [2.75, 3.05) is 25.6 Å². The summed E-state index contributed by atoms with van der Waals surface area (Å²) in [6.45, 7) is 1.76. The van der Waals surface area contributed by atoms with Gasteiger partial charge in [-0.1, -0.05) is 12.8 Å². The predicted molar refractivity (Wildman–Crippen MR) is 72.4 cm³/mol. The van der Waals surface area contributed by atoms with Crippen molar-refractivity contribution >= 4 is 21.6 Å². The lowest BCUT2D eigenvalue weighted by atomic mass is 10.1. The van der Waals surface area contributed by atoms with Crippen molar-refractivity contribution in [1.29, 1.82) is 0 Å². The minimum Gasteiger partial charge on any atom is -0.377 e. The van der Waals surface area contributed by atoms with Gasteiger partial charge in [0.25, 0.3) is 0 Å². The third-order valence-corrected chi connectivity index (χ3v) is 6.47. The number of rotatable bonds is 5. The molecule has 1 heterocycles. The quantitative estimate of drug-likeness (QED) is 0.729. The van der Waals surface area contributed by atoms with Gasteiger partial charge in [0.05, 0.1) is 18.0 Å². The molecular formula is C12H22ClNO3S. The first-order valence-electron chi connectivity index (χ1n) is 6.81. The molecule has 6 heteroatoms. The van der Waals surface area contributed by atoms with E-state index in [1.165, 1.54) is 0 Å². The van der Waals surface area contributed by atoms with Crippen molar-refractivity contribution < 1.29 is 13.2 Å². The van der Waals surface area contributed by atoms with Crippen molar-refractivity contribution in [2.45, 2.75) is 49.9 Å². The highest BCUT2D eigenvalue weighted by atomic mass is 35.5. The number of sulfonamides is 1. The van der Waals surface area contributed by atoms with Crippen LogP contribution in [0.25, 0.3) is 0 Å². The highest BCUT2D eigenvalue weighted by molar-refractivity contribution is 7.89. The Morgan fingerprint density at radius 2 is 1.72 bits per heavy atom. The third kappa shape index (κ3) is 3.38. The number of hydrogen-bond donors (Lipinski definition) is 0. The summed E-state index contributed by atoms with van der Waals surface area (Å²) in [4.78, 5) is 0. The molecule has 0 aromatic carbocycles. The Balaban J connectivity index is 1.85. The molecular weight excluding hydrogens is 274 g/mol. The van der Waals surface area contributed by atoms with E-state index in [0.717, 1.165) is 38.5 Å². The number of hydrogen-bond acceptors (Lipinski definition) is 3. The monoisotopic (exact) mass is 295 g/mol. The lowest BCUT2D eigenvalue weighted by molar-refractivity contribution is 0.0299. The van der Waals surface area contributed by atoms with Crippen molar-refractivity contribution in [3.8, 4) is 0 Å². The molecule has 0 atom stereocenters. The van der Waals surface area contributed by atoms with Gasteiger partial charge in [-0.2, -0.15) is 0 Å². The van der Waals surface area contributed by atoms with Gasteiger partial charge in [-0.25, -0.2) is 12.7 Å². The summed E-state index contributed by atoms with van der Waals surface area (Å²) >= 11 is 5.58. The molecule has 0 unspecified atom stereocenters. The van der Waals surface area contributed by atoms with Gasteiger partial charge in [-0.15, -0.1) is 11.6 Å². The van der Waals surface area contributed by atoms with E-state index in [9.17, 15) is 8.42 Å². The van der Waals surface area contributed by atoms with Gasteiger partial charge in [0, 0.05) is 19.0 Å². The number of halogens is 1. The molecule has 4 nitrogen and oxygen atoms in total. The Morgan fingerprint density at radius 1 is 1.11 bits per heavy atom. The summed E-state index contributed by atoms with van der Waals surface area (Å²) in [5, 5.41) is -0.127. The van der Waals surface area contributed by atoms with Crippen molar-refractivity contribution in [3.05, 3.63) is 0 Å². The van der Waals surface area contributed by atoms with Crippen LogP contribution in [0.5, 0.6) is 0 Å². The summed E-state index contributed by atoms with van der Waals surface area (Å²) in [6.07, 6.45) is 5.55. The fourth-order valence-corrected chi connectivity index (χ4v) is 5.02. The average Bonchev–Trinajstić information content (AvgIpc) is 2.91. The van der Waals surface area contributed by atoms with Gasteiger partial charge in [-0.05, 0) is 25.7 Å². The summed E-state index contributed by atoms with van der Waals surface area (Å²) in [6, 6.07) is 0. The summed E-state index contributed by atoms with van der Waals surface area (Å²) in [5.74, 6) is 0.501. The van der Waals surface area contributed by atoms with E-state index in [1.807, 2.05) is 0 Å². The van der Waals surface area contributed by atoms with Gasteiger partial charge < -0.3 is 4.74 Å². The van der Waals surface area contributed by atoms with Gasteiger partial charge in [0.15, 0.2) is 0 Å². The highest BCUT2D eigenvalue weighted by Gasteiger charge is 2.36. The highest BCUT2D eigenvalue weighted by Crippen LogP contribution is 2.29. The smallest absolute Gasteiger partial charge is 0.216 e. The molecule has 106 valence electrons. The van der Waals surface area contributed by atoms with Crippen LogP contribution in [-0.2, 0) is 14.8 Å². The predicted octanol–water partition coefficient (Wildman–Crippen LogP) is 1.98. The minimum absolute atomic E-state index is 0.127. The van der Waals surface area contributed by atoms with E-state index in [-0.39, 0.29) is 11.4 Å². The molecule has 0 aromatic heterocycles. The average molecular weight is 296 g/mol. The lowest BCUT2D eigenvalue weighted by Crippen LogP contribution is -2.44. The van der Waals surface area contributed by atoms with Crippen LogP contribution in [-0.4, -0.2) is 49.7 Å². The van der Waals surface area contributed by atoms with Crippen LogP contribution in [0, 0.1) is 0 Å². The zero-order valence-electron chi connectivity index (χ0n) is 10.7. The molecule has 2 aliphatic rings. The van der Waals surface area contributed by atoms with Crippen LogP contribution in [0.15, 0.2) is 0 Å². The third-order valence-electron chi connectivity index (χ3n) is 3.91. The molecule has 0 bridgehead atoms. The van der Waals surface area contributed by atoms with Crippen LogP contribution in [0.4, 0.5) is 0 Å². The van der Waals surface area contributed by atoms with E-state index < -0.39 is 10.0 Å². The van der Waals surface area contributed by atoms with Crippen LogP contribution in [0.2, 0.25) is 0 Å². The molecule has 0 aromatic rings. The van der Waals surface area contributed by atoms with E-state index >= 15 is 0 Å². The Kier molecular flexibility index (Phi) is 5.30. The van der Waals surface area contributed by atoms with Crippen LogP contribution in [0.3, 0.4) is 0 Å². The summed E-state index contributed by atoms with van der Waals surface area (Å²) < 4.78 is 32.0. The first-order chi connectivity index (χ1) is 8.64. The minimum atomic E-state index is -3.05. The summed E-state index contributed by atoms with van der Waals surface area (Å²) in [7, 11) is -3.05. The van der Waals surface area contributed by atoms with Crippen LogP contribution in [0.1, 0.15) is 38.5 Å². The zero-order valence-corrected chi connectivity index (χ0v) is 12.3. The molecule has 1 saturated heterocycles. The van der Waals surface area contributed by atoms with Gasteiger partial charge >= 0.3 is 0 Å². The standard InChI is InChI=1S/C12H22ClNO3S/c13-7-10-17-11-5-8-14(9-6-11)18(15,16)12-3-1-2-4-12/h11-12H,1-10H2. The topological polar surface area (TPSA) is 46.6 Å². The number of ether oxygens (including phenoxy) is 1. The van der Waals surface area contributed by atoms with Gasteiger partial charge in [0.1, 0.15) is 0 Å². The Labute approximate surface area is 115 Å². The maximum atomic E-state index is 12.4. The SMILES string of the molecule is O=S(=O)(C1CCCC1)N1CCC(OCCCl)CC1. The largest absolute Gasteiger partial charge is 0.377 e. The number of nitrogens with zero attached hydrogens (tertiary/aromatic N) is 1. The maximum Gasteiger partial charge on any atom is 0.216 e. The van der Waals surface area contributed by atoms with Crippen molar-refractivity contribution in [1.82, 2.24) is 4.31 Å². The fourth-order valence-electron chi connectivity index (χ4n) is 2.86. The van der Waals surface area contributed by atoms with Crippen LogP contribution >= 0.6 is 11.6 Å². The Hall–Kier alpha value is 0.160. The maximum absolute atomic E-state index is 12.4. The van der Waals surface area contributed by atoms with Crippen molar-refractivity contribution in [2.24, 2.45) is 0 Å². The van der Waals surface area contributed by atoms with E-state index in [2.05, 4.69) is 0 Å². The second kappa shape index (κ2) is 6.55. The molecule has 2 rings (SSSR count). The zero-order chi connectivity index (χ0) is 13.0. The van der Waals surface area contributed by atoms with Crippen molar-refractivity contribution in [3.63, 3.8) is 0 Å². The van der Waals surface area contributed by atoms with E-state index in [1.54, 1.807) is 4.31 Å². The molecule has 0 spiro atoms. The van der Waals surface area contributed by atoms with Gasteiger partial charge in [0.2, 0.25) is 10.0 Å². The fraction of sp³-hybridized carbons (Fsp3) is 1.00. The van der Waals surface area contributed by atoms with E-state index in [0.29, 0.717) is 25.6 Å². The van der Waals surface area contributed by atoms with Gasteiger partial charge in [-0.3, -0.25) is 0 Å². The molecule has 1 aliphatic carbocycles. The second-order valence-corrected chi connectivity index (χ2v) is 7.70. The molecule has 1 saturated carbocycles. The van der Waals surface area contributed by atoms with E-state index in [4.69, 9.17) is 16.3 Å². The molecule has 18 heavy (non-hydrogen) atoms. The normalized spacial score (nSPS) is 24.7. The first-order valence-corrected chi connectivity index (χ1v) is 8.85. The molecule has 1 aliphatic heterocycles. The lowest BCUT2D eigenvalue weighted by Gasteiger charge is -2.32. The molecule has 0 amide bonds. The second-order valence-electron chi connectivity index (χ2n) is 5.11. The number of alkyl halides is 1. The molecule has 0 radical (unpaired) electrons. The molecule has 2 fully saturated rings. The summed E-state index contributed by atoms with van der Waals surface area (Å²) in [5.41, 5.74) is 0. The molecule has 0 N–H and O–H groups in total.